The van der Waals surface area contributed by atoms with Crippen LogP contribution in [0.3, 0.4) is 0 Å². The van der Waals surface area contributed by atoms with E-state index in [1.54, 1.807) is 19.1 Å². The number of aryl methyl sites for hydroxylation is 1. The number of benzene rings is 1. The summed E-state index contributed by atoms with van der Waals surface area (Å²) in [5.74, 6) is -0.951. The molecule has 1 unspecified atom stereocenters. The van der Waals surface area contributed by atoms with Crippen molar-refractivity contribution in [1.29, 1.82) is 0 Å². The topological polar surface area (TPSA) is 66.8 Å². The van der Waals surface area contributed by atoms with Gasteiger partial charge < -0.3 is 14.9 Å². The molecule has 0 saturated carbocycles. The zero-order valence-corrected chi connectivity index (χ0v) is 9.65. The van der Waals surface area contributed by atoms with Crippen LogP contribution in [0.4, 0.5) is 0 Å². The molecule has 0 aliphatic heterocycles. The number of hydrogen-bond acceptors (Lipinski definition) is 3. The predicted molar refractivity (Wildman–Crippen MR) is 59.9 cm³/mol. The molecule has 0 fully saturated rings. The van der Waals surface area contributed by atoms with E-state index < -0.39 is 11.9 Å². The van der Waals surface area contributed by atoms with E-state index in [-0.39, 0.29) is 5.75 Å². The molecule has 0 aromatic heterocycles. The number of ether oxygens (including phenoxy) is 1. The normalized spacial score (nSPS) is 12.2. The molecule has 0 amide bonds. The standard InChI is InChI=1S/C12H16O4/c1-7-4-5-10(13)11(16-3)9(7)6-8(2)12(14)15/h4-5,8,13H,6H2,1-3H3,(H,14,15). The summed E-state index contributed by atoms with van der Waals surface area (Å²) in [6, 6.07) is 3.30. The highest BCUT2D eigenvalue weighted by Gasteiger charge is 2.18. The molecule has 2 N–H and O–H groups in total. The van der Waals surface area contributed by atoms with Crippen molar-refractivity contribution >= 4 is 5.97 Å². The maximum absolute atomic E-state index is 10.8. The molecule has 4 heteroatoms. The van der Waals surface area contributed by atoms with E-state index in [0.717, 1.165) is 11.1 Å². The Kier molecular flexibility index (Phi) is 3.77. The fraction of sp³-hybridized carbons (Fsp3) is 0.417. The van der Waals surface area contributed by atoms with Gasteiger partial charge in [0.15, 0.2) is 11.5 Å². The Morgan fingerprint density at radius 1 is 1.50 bits per heavy atom. The lowest BCUT2D eigenvalue weighted by molar-refractivity contribution is -0.141. The van der Waals surface area contributed by atoms with Gasteiger partial charge >= 0.3 is 5.97 Å². The van der Waals surface area contributed by atoms with E-state index >= 15 is 0 Å². The third-order valence-electron chi connectivity index (χ3n) is 2.61. The number of hydrogen-bond donors (Lipinski definition) is 2. The number of aromatic hydroxyl groups is 1. The summed E-state index contributed by atoms with van der Waals surface area (Å²) in [5.41, 5.74) is 1.67. The van der Waals surface area contributed by atoms with E-state index in [9.17, 15) is 9.90 Å². The first-order valence-corrected chi connectivity index (χ1v) is 5.05. The zero-order chi connectivity index (χ0) is 12.3. The molecule has 1 aromatic carbocycles. The Hall–Kier alpha value is -1.71. The van der Waals surface area contributed by atoms with Crippen LogP contribution in [0.1, 0.15) is 18.1 Å². The molecule has 16 heavy (non-hydrogen) atoms. The molecular formula is C12H16O4. The highest BCUT2D eigenvalue weighted by molar-refractivity contribution is 5.70. The van der Waals surface area contributed by atoms with Crippen molar-refractivity contribution in [2.45, 2.75) is 20.3 Å². The first kappa shape index (κ1) is 12.4. The second-order valence-corrected chi connectivity index (χ2v) is 3.86. The SMILES string of the molecule is COc1c(O)ccc(C)c1CC(C)C(=O)O. The lowest BCUT2D eigenvalue weighted by Gasteiger charge is -2.14. The summed E-state index contributed by atoms with van der Waals surface area (Å²) in [6.45, 7) is 3.50. The summed E-state index contributed by atoms with van der Waals surface area (Å²) >= 11 is 0. The Balaban J connectivity index is 3.11. The fourth-order valence-corrected chi connectivity index (χ4v) is 1.59. The van der Waals surface area contributed by atoms with Crippen LogP contribution < -0.4 is 4.74 Å². The van der Waals surface area contributed by atoms with E-state index in [2.05, 4.69) is 0 Å². The average Bonchev–Trinajstić information content (AvgIpc) is 2.23. The summed E-state index contributed by atoms with van der Waals surface area (Å²) in [7, 11) is 1.46. The molecule has 1 aromatic rings. The Bertz CT molecular complexity index is 398. The summed E-state index contributed by atoms with van der Waals surface area (Å²) in [5, 5.41) is 18.5. The lowest BCUT2D eigenvalue weighted by Crippen LogP contribution is -2.13. The quantitative estimate of drug-likeness (QED) is 0.820. The van der Waals surface area contributed by atoms with Crippen molar-refractivity contribution in [2.24, 2.45) is 5.92 Å². The van der Waals surface area contributed by atoms with Crippen LogP contribution in [0.15, 0.2) is 12.1 Å². The minimum atomic E-state index is -0.857. The highest BCUT2D eigenvalue weighted by atomic mass is 16.5. The van der Waals surface area contributed by atoms with Crippen LogP contribution in [0.25, 0.3) is 0 Å². The number of phenols is 1. The number of phenolic OH excluding ortho intramolecular Hbond substituents is 1. The van der Waals surface area contributed by atoms with Gasteiger partial charge in [0, 0.05) is 5.56 Å². The number of carboxylic acid groups (broad SMARTS) is 1. The highest BCUT2D eigenvalue weighted by Crippen LogP contribution is 2.33. The molecule has 4 nitrogen and oxygen atoms in total. The van der Waals surface area contributed by atoms with Crippen molar-refractivity contribution in [3.05, 3.63) is 23.3 Å². The minimum Gasteiger partial charge on any atom is -0.504 e. The minimum absolute atomic E-state index is 0.0423. The smallest absolute Gasteiger partial charge is 0.306 e. The van der Waals surface area contributed by atoms with Gasteiger partial charge in [-0.25, -0.2) is 0 Å². The number of aliphatic carboxylic acids is 1. The van der Waals surface area contributed by atoms with Gasteiger partial charge in [-0.2, -0.15) is 0 Å². The Labute approximate surface area is 94.5 Å². The van der Waals surface area contributed by atoms with Crippen LogP contribution in [0.2, 0.25) is 0 Å². The van der Waals surface area contributed by atoms with Crippen molar-refractivity contribution in [3.8, 4) is 11.5 Å². The molecule has 0 saturated heterocycles. The van der Waals surface area contributed by atoms with Gasteiger partial charge in [-0.05, 0) is 25.0 Å². The molecule has 0 aliphatic carbocycles. The van der Waals surface area contributed by atoms with Gasteiger partial charge in [0.05, 0.1) is 13.0 Å². The number of carboxylic acids is 1. The second-order valence-electron chi connectivity index (χ2n) is 3.86. The average molecular weight is 224 g/mol. The number of rotatable bonds is 4. The number of carbonyl (C=O) groups is 1. The largest absolute Gasteiger partial charge is 0.504 e. The molecule has 0 radical (unpaired) electrons. The lowest BCUT2D eigenvalue weighted by atomic mass is 9.96. The molecule has 88 valence electrons. The molecule has 0 aliphatic rings. The zero-order valence-electron chi connectivity index (χ0n) is 9.65. The van der Waals surface area contributed by atoms with E-state index in [1.807, 2.05) is 6.92 Å². The first-order valence-electron chi connectivity index (χ1n) is 5.05. The number of methoxy groups -OCH3 is 1. The Morgan fingerprint density at radius 3 is 2.62 bits per heavy atom. The Morgan fingerprint density at radius 2 is 2.12 bits per heavy atom. The van der Waals surface area contributed by atoms with Gasteiger partial charge in [-0.15, -0.1) is 0 Å². The van der Waals surface area contributed by atoms with Crippen LogP contribution >= 0.6 is 0 Å². The van der Waals surface area contributed by atoms with Gasteiger partial charge in [-0.3, -0.25) is 4.79 Å². The van der Waals surface area contributed by atoms with Crippen LogP contribution in [0.5, 0.6) is 11.5 Å². The summed E-state index contributed by atoms with van der Waals surface area (Å²) < 4.78 is 5.09. The van der Waals surface area contributed by atoms with Gasteiger partial charge in [-0.1, -0.05) is 13.0 Å². The third-order valence-corrected chi connectivity index (χ3v) is 2.61. The van der Waals surface area contributed by atoms with Crippen LogP contribution in [-0.4, -0.2) is 23.3 Å². The maximum Gasteiger partial charge on any atom is 0.306 e. The second kappa shape index (κ2) is 4.88. The van der Waals surface area contributed by atoms with E-state index in [0.29, 0.717) is 12.2 Å². The first-order chi connectivity index (χ1) is 7.47. The van der Waals surface area contributed by atoms with Crippen LogP contribution in [-0.2, 0) is 11.2 Å². The summed E-state index contributed by atoms with van der Waals surface area (Å²) in [4.78, 5) is 10.8. The third kappa shape index (κ3) is 2.45. The summed E-state index contributed by atoms with van der Waals surface area (Å²) in [6.07, 6.45) is 0.346. The molecule has 0 bridgehead atoms. The van der Waals surface area contributed by atoms with Crippen molar-refractivity contribution in [3.63, 3.8) is 0 Å². The van der Waals surface area contributed by atoms with Gasteiger partial charge in [0.1, 0.15) is 0 Å². The maximum atomic E-state index is 10.8. The van der Waals surface area contributed by atoms with Crippen molar-refractivity contribution in [1.82, 2.24) is 0 Å². The van der Waals surface area contributed by atoms with Crippen molar-refractivity contribution < 1.29 is 19.7 Å². The van der Waals surface area contributed by atoms with Crippen molar-refractivity contribution in [2.75, 3.05) is 7.11 Å². The monoisotopic (exact) mass is 224 g/mol. The fourth-order valence-electron chi connectivity index (χ4n) is 1.59. The predicted octanol–water partition coefficient (Wildman–Crippen LogP) is 1.97. The van der Waals surface area contributed by atoms with E-state index in [4.69, 9.17) is 9.84 Å². The van der Waals surface area contributed by atoms with Gasteiger partial charge in [0.2, 0.25) is 0 Å². The molecular weight excluding hydrogens is 208 g/mol. The van der Waals surface area contributed by atoms with Crippen LogP contribution in [0, 0.1) is 12.8 Å². The molecule has 1 atom stereocenters. The van der Waals surface area contributed by atoms with Gasteiger partial charge in [0.25, 0.3) is 0 Å². The molecule has 0 heterocycles. The van der Waals surface area contributed by atoms with E-state index in [1.165, 1.54) is 7.11 Å². The molecule has 0 spiro atoms. The molecule has 1 rings (SSSR count).